The Balaban J connectivity index is 1.56. The van der Waals surface area contributed by atoms with Crippen LogP contribution in [0.4, 0.5) is 0 Å². The zero-order valence-corrected chi connectivity index (χ0v) is 17.1. The average Bonchev–Trinajstić information content (AvgIpc) is 3.17. The lowest BCUT2D eigenvalue weighted by atomic mass is 10.2. The van der Waals surface area contributed by atoms with Crippen molar-refractivity contribution in [2.75, 3.05) is 0 Å². The van der Waals surface area contributed by atoms with E-state index in [2.05, 4.69) is 10.3 Å². The molecule has 1 heterocycles. The van der Waals surface area contributed by atoms with Crippen LogP contribution >= 0.6 is 34.5 Å². The molecule has 0 bridgehead atoms. The van der Waals surface area contributed by atoms with Crippen molar-refractivity contribution in [2.24, 2.45) is 0 Å². The second-order valence-electron chi connectivity index (χ2n) is 5.94. The van der Waals surface area contributed by atoms with Gasteiger partial charge in [-0.2, -0.15) is 0 Å². The summed E-state index contributed by atoms with van der Waals surface area (Å²) >= 11 is 13.1. The van der Waals surface area contributed by atoms with Crippen molar-refractivity contribution in [1.82, 2.24) is 10.3 Å². The van der Waals surface area contributed by atoms with Crippen molar-refractivity contribution >= 4 is 46.4 Å². The zero-order valence-electron chi connectivity index (χ0n) is 14.8. The standard InChI is InChI=1S/C20H16Cl2N2O3S/c1-12(18(25)23-10-13-5-7-15(21)8-6-13)27-20(26)17-11-28-19(24-17)14-3-2-4-16(22)9-14/h2-9,11-12H,10H2,1H3,(H,23,25). The second kappa shape index (κ2) is 9.19. The SMILES string of the molecule is CC(OC(=O)c1csc(-c2cccc(Cl)c2)n1)C(=O)NCc1ccc(Cl)cc1. The van der Waals surface area contributed by atoms with Gasteiger partial charge in [0.05, 0.1) is 0 Å². The first kappa shape index (κ1) is 20.3. The number of hydrogen-bond acceptors (Lipinski definition) is 5. The topological polar surface area (TPSA) is 68.3 Å². The molecule has 1 unspecified atom stereocenters. The van der Waals surface area contributed by atoms with Gasteiger partial charge >= 0.3 is 5.97 Å². The van der Waals surface area contributed by atoms with Crippen molar-refractivity contribution in [3.05, 3.63) is 75.2 Å². The highest BCUT2D eigenvalue weighted by Crippen LogP contribution is 2.26. The zero-order chi connectivity index (χ0) is 20.1. The molecule has 0 fully saturated rings. The van der Waals surface area contributed by atoms with Crippen LogP contribution < -0.4 is 5.32 Å². The third-order valence-corrected chi connectivity index (χ3v) is 5.20. The normalized spacial score (nSPS) is 11.7. The van der Waals surface area contributed by atoms with Crippen LogP contribution in [-0.4, -0.2) is 23.0 Å². The molecule has 8 heteroatoms. The molecule has 3 aromatic rings. The van der Waals surface area contributed by atoms with Crippen LogP contribution in [0.25, 0.3) is 10.6 Å². The number of amides is 1. The second-order valence-corrected chi connectivity index (χ2v) is 7.67. The van der Waals surface area contributed by atoms with Gasteiger partial charge in [0.2, 0.25) is 0 Å². The molecule has 1 N–H and O–H groups in total. The first-order chi connectivity index (χ1) is 13.4. The third-order valence-electron chi connectivity index (χ3n) is 3.82. The number of esters is 1. The van der Waals surface area contributed by atoms with Gasteiger partial charge < -0.3 is 10.1 Å². The van der Waals surface area contributed by atoms with Gasteiger partial charge in [-0.05, 0) is 36.8 Å². The molecule has 3 rings (SSSR count). The molecule has 0 saturated heterocycles. The van der Waals surface area contributed by atoms with Gasteiger partial charge in [0.15, 0.2) is 11.8 Å². The summed E-state index contributed by atoms with van der Waals surface area (Å²) in [7, 11) is 0. The van der Waals surface area contributed by atoms with Crippen LogP contribution in [0.15, 0.2) is 53.9 Å². The molecule has 1 atom stereocenters. The molecule has 5 nitrogen and oxygen atoms in total. The predicted molar refractivity (Wildman–Crippen MR) is 111 cm³/mol. The Morgan fingerprint density at radius 2 is 1.89 bits per heavy atom. The number of rotatable bonds is 6. The summed E-state index contributed by atoms with van der Waals surface area (Å²) in [5, 5.41) is 6.17. The van der Waals surface area contributed by atoms with Gasteiger partial charge in [-0.25, -0.2) is 9.78 Å². The third kappa shape index (κ3) is 5.32. The summed E-state index contributed by atoms with van der Waals surface area (Å²) in [4.78, 5) is 28.7. The Bertz CT molecular complexity index is 989. The highest BCUT2D eigenvalue weighted by Gasteiger charge is 2.21. The smallest absolute Gasteiger partial charge is 0.358 e. The van der Waals surface area contributed by atoms with Crippen molar-refractivity contribution in [3.8, 4) is 10.6 Å². The minimum Gasteiger partial charge on any atom is -0.448 e. The van der Waals surface area contributed by atoms with Crippen molar-refractivity contribution in [1.29, 1.82) is 0 Å². The Kier molecular flexibility index (Phi) is 6.67. The number of hydrogen-bond donors (Lipinski definition) is 1. The van der Waals surface area contributed by atoms with E-state index < -0.39 is 18.0 Å². The average molecular weight is 435 g/mol. The van der Waals surface area contributed by atoms with E-state index in [1.165, 1.54) is 18.3 Å². The summed E-state index contributed by atoms with van der Waals surface area (Å²) in [5.41, 5.74) is 1.85. The number of ether oxygens (including phenoxy) is 1. The summed E-state index contributed by atoms with van der Waals surface area (Å²) in [5.74, 6) is -1.05. The van der Waals surface area contributed by atoms with E-state index in [4.69, 9.17) is 27.9 Å². The van der Waals surface area contributed by atoms with Crippen LogP contribution in [0.5, 0.6) is 0 Å². The first-order valence-corrected chi connectivity index (χ1v) is 10.0. The number of benzene rings is 2. The Labute approximate surface area is 176 Å². The molecule has 0 aliphatic heterocycles. The van der Waals surface area contributed by atoms with Crippen molar-refractivity contribution in [2.45, 2.75) is 19.6 Å². The summed E-state index contributed by atoms with van der Waals surface area (Å²) in [6.45, 7) is 1.83. The maximum atomic E-state index is 12.3. The fraction of sp³-hybridized carbons (Fsp3) is 0.150. The molecule has 0 radical (unpaired) electrons. The molecule has 0 aliphatic rings. The van der Waals surface area contributed by atoms with Gasteiger partial charge in [0.1, 0.15) is 5.01 Å². The van der Waals surface area contributed by atoms with Gasteiger partial charge in [-0.15, -0.1) is 11.3 Å². The van der Waals surface area contributed by atoms with Crippen LogP contribution in [0.3, 0.4) is 0 Å². The fourth-order valence-electron chi connectivity index (χ4n) is 2.33. The number of nitrogens with zero attached hydrogens (tertiary/aromatic N) is 1. The van der Waals surface area contributed by atoms with Crippen LogP contribution in [-0.2, 0) is 16.1 Å². The lowest BCUT2D eigenvalue weighted by molar-refractivity contribution is -0.129. The molecule has 0 spiro atoms. The van der Waals surface area contributed by atoms with E-state index in [9.17, 15) is 9.59 Å². The first-order valence-electron chi connectivity index (χ1n) is 8.37. The van der Waals surface area contributed by atoms with E-state index in [1.807, 2.05) is 24.3 Å². The fourth-order valence-corrected chi connectivity index (χ4v) is 3.43. The lowest BCUT2D eigenvalue weighted by Crippen LogP contribution is -2.35. The Morgan fingerprint density at radius 3 is 2.61 bits per heavy atom. The predicted octanol–water partition coefficient (Wildman–Crippen LogP) is 4.98. The van der Waals surface area contributed by atoms with Crippen molar-refractivity contribution < 1.29 is 14.3 Å². The van der Waals surface area contributed by atoms with Crippen LogP contribution in [0.1, 0.15) is 23.0 Å². The lowest BCUT2D eigenvalue weighted by Gasteiger charge is -2.12. The summed E-state index contributed by atoms with van der Waals surface area (Å²) < 4.78 is 5.22. The number of carbonyl (C=O) groups excluding carboxylic acids is 2. The maximum absolute atomic E-state index is 12.3. The summed E-state index contributed by atoms with van der Waals surface area (Å²) in [6.07, 6.45) is -0.948. The van der Waals surface area contributed by atoms with Gasteiger partial charge in [0, 0.05) is 27.5 Å². The molecule has 1 aromatic heterocycles. The molecule has 28 heavy (non-hydrogen) atoms. The summed E-state index contributed by atoms with van der Waals surface area (Å²) in [6, 6.07) is 14.3. The molecule has 0 aliphatic carbocycles. The molecule has 144 valence electrons. The van der Waals surface area contributed by atoms with E-state index in [1.54, 1.807) is 29.6 Å². The quantitative estimate of drug-likeness (QED) is 0.555. The number of thiazole rings is 1. The number of aromatic nitrogens is 1. The van der Waals surface area contributed by atoms with E-state index in [0.29, 0.717) is 21.6 Å². The maximum Gasteiger partial charge on any atom is 0.358 e. The van der Waals surface area contributed by atoms with Gasteiger partial charge in [-0.3, -0.25) is 4.79 Å². The molecule has 2 aromatic carbocycles. The van der Waals surface area contributed by atoms with E-state index >= 15 is 0 Å². The molecule has 0 saturated carbocycles. The monoisotopic (exact) mass is 434 g/mol. The van der Waals surface area contributed by atoms with Gasteiger partial charge in [0.25, 0.3) is 5.91 Å². The largest absolute Gasteiger partial charge is 0.448 e. The molecule has 1 amide bonds. The highest BCUT2D eigenvalue weighted by atomic mass is 35.5. The minimum atomic E-state index is -0.948. The minimum absolute atomic E-state index is 0.150. The van der Waals surface area contributed by atoms with Gasteiger partial charge in [-0.1, -0.05) is 47.5 Å². The number of halogens is 2. The van der Waals surface area contributed by atoms with Crippen LogP contribution in [0.2, 0.25) is 10.0 Å². The molecular weight excluding hydrogens is 419 g/mol. The Hall–Kier alpha value is -2.41. The van der Waals surface area contributed by atoms with Crippen molar-refractivity contribution in [3.63, 3.8) is 0 Å². The highest BCUT2D eigenvalue weighted by molar-refractivity contribution is 7.13. The van der Waals surface area contributed by atoms with E-state index in [0.717, 1.165) is 11.1 Å². The van der Waals surface area contributed by atoms with Crippen LogP contribution in [0, 0.1) is 0 Å². The number of carbonyl (C=O) groups is 2. The molecular formula is C20H16Cl2N2O3S. The number of nitrogens with one attached hydrogen (secondary N) is 1. The van der Waals surface area contributed by atoms with E-state index in [-0.39, 0.29) is 5.69 Å². The Morgan fingerprint density at radius 1 is 1.14 bits per heavy atom.